The highest BCUT2D eigenvalue weighted by atomic mass is 79.9. The quantitative estimate of drug-likeness (QED) is 0.911. The molecule has 0 spiro atoms. The molecule has 1 amide bonds. The van der Waals surface area contributed by atoms with Crippen molar-refractivity contribution in [2.75, 3.05) is 6.67 Å². The molecule has 3 rings (SSSR count). The van der Waals surface area contributed by atoms with Crippen molar-refractivity contribution in [3.8, 4) is 17.1 Å². The molecule has 0 radical (unpaired) electrons. The number of aromatic nitrogens is 2. The molecule has 0 fully saturated rings. The molecule has 7 heteroatoms. The lowest BCUT2D eigenvalue weighted by molar-refractivity contribution is 0.0995. The van der Waals surface area contributed by atoms with E-state index in [1.807, 2.05) is 12.1 Å². The summed E-state index contributed by atoms with van der Waals surface area (Å²) >= 11 is 3.38. The van der Waals surface area contributed by atoms with E-state index in [4.69, 9.17) is 10.5 Å². The fourth-order valence-electron chi connectivity index (χ4n) is 2.18. The molecule has 0 saturated heterocycles. The van der Waals surface area contributed by atoms with Crippen molar-refractivity contribution in [3.63, 3.8) is 0 Å². The zero-order valence-electron chi connectivity index (χ0n) is 10.3. The summed E-state index contributed by atoms with van der Waals surface area (Å²) in [5, 5.41) is 0. The van der Waals surface area contributed by atoms with Crippen LogP contribution in [0.3, 0.4) is 0 Å². The number of alkyl halides is 1. The summed E-state index contributed by atoms with van der Waals surface area (Å²) in [6, 6.07) is 5.37. The number of rotatable bonds is 2. The van der Waals surface area contributed by atoms with Gasteiger partial charge in [-0.15, -0.1) is 0 Å². The Labute approximate surface area is 122 Å². The van der Waals surface area contributed by atoms with Crippen LogP contribution < -0.4 is 10.5 Å². The number of hydrogen-bond donors (Lipinski definition) is 1. The van der Waals surface area contributed by atoms with Crippen molar-refractivity contribution in [1.82, 2.24) is 9.55 Å². The number of halogens is 2. The Morgan fingerprint density at radius 1 is 1.60 bits per heavy atom. The molecule has 20 heavy (non-hydrogen) atoms. The Morgan fingerprint density at radius 2 is 2.40 bits per heavy atom. The summed E-state index contributed by atoms with van der Waals surface area (Å²) in [6.45, 7) is -0.350. The molecular weight excluding hydrogens is 329 g/mol. The number of fused-ring (bicyclic) bond motifs is 3. The Morgan fingerprint density at radius 3 is 3.10 bits per heavy atom. The van der Waals surface area contributed by atoms with Gasteiger partial charge in [-0.2, -0.15) is 0 Å². The average molecular weight is 340 g/mol. The lowest BCUT2D eigenvalue weighted by atomic mass is 10.2. The lowest BCUT2D eigenvalue weighted by Gasteiger charge is -2.14. The smallest absolute Gasteiger partial charge is 0.268 e. The van der Waals surface area contributed by atoms with E-state index in [2.05, 4.69) is 20.9 Å². The maximum absolute atomic E-state index is 13.0. The monoisotopic (exact) mass is 339 g/mol. The molecule has 1 aliphatic heterocycles. The number of primary amides is 1. The average Bonchev–Trinajstić information content (AvgIpc) is 2.78. The molecule has 1 unspecified atom stereocenters. The first-order valence-corrected chi connectivity index (χ1v) is 6.77. The largest absolute Gasteiger partial charge is 0.485 e. The molecule has 0 bridgehead atoms. The minimum Gasteiger partial charge on any atom is -0.485 e. The molecule has 104 valence electrons. The summed E-state index contributed by atoms with van der Waals surface area (Å²) in [7, 11) is 0. The molecular formula is C13H11BrFN3O2. The zero-order chi connectivity index (χ0) is 14.3. The van der Waals surface area contributed by atoms with Crippen molar-refractivity contribution in [3.05, 3.63) is 34.6 Å². The number of carbonyl (C=O) groups is 1. The van der Waals surface area contributed by atoms with Gasteiger partial charge in [0.15, 0.2) is 0 Å². The Bertz CT molecular complexity index is 686. The summed E-state index contributed by atoms with van der Waals surface area (Å²) in [5.41, 5.74) is 6.11. The highest BCUT2D eigenvalue weighted by molar-refractivity contribution is 9.10. The van der Waals surface area contributed by atoms with E-state index in [0.29, 0.717) is 17.1 Å². The van der Waals surface area contributed by atoms with Gasteiger partial charge >= 0.3 is 0 Å². The van der Waals surface area contributed by atoms with Gasteiger partial charge in [0.1, 0.15) is 30.0 Å². The highest BCUT2D eigenvalue weighted by Crippen LogP contribution is 2.35. The van der Waals surface area contributed by atoms with Crippen LogP contribution in [0.2, 0.25) is 0 Å². The maximum Gasteiger partial charge on any atom is 0.268 e. The second kappa shape index (κ2) is 4.90. The van der Waals surface area contributed by atoms with E-state index in [9.17, 15) is 9.18 Å². The van der Waals surface area contributed by atoms with Gasteiger partial charge in [-0.25, -0.2) is 9.37 Å². The fraction of sp³-hybridized carbons (Fsp3) is 0.231. The highest BCUT2D eigenvalue weighted by Gasteiger charge is 2.25. The predicted molar refractivity (Wildman–Crippen MR) is 74.3 cm³/mol. The SMILES string of the molecule is NC(=O)c1cn2c(n1)-c1cc(Br)ccc1OC(CF)C2. The zero-order valence-corrected chi connectivity index (χ0v) is 11.9. The number of hydrogen-bond acceptors (Lipinski definition) is 3. The van der Waals surface area contributed by atoms with Gasteiger partial charge in [0.05, 0.1) is 12.1 Å². The van der Waals surface area contributed by atoms with Crippen molar-refractivity contribution in [2.45, 2.75) is 12.6 Å². The fourth-order valence-corrected chi connectivity index (χ4v) is 2.55. The third-order valence-corrected chi connectivity index (χ3v) is 3.57. The molecule has 1 aromatic heterocycles. The summed E-state index contributed by atoms with van der Waals surface area (Å²) in [6.07, 6.45) is 0.908. The van der Waals surface area contributed by atoms with E-state index in [1.165, 1.54) is 6.20 Å². The summed E-state index contributed by atoms with van der Waals surface area (Å²) in [5.74, 6) is 0.474. The standard InChI is InChI=1S/C13H11BrFN3O2/c14-7-1-2-11-9(3-7)13-17-10(12(16)19)6-18(13)5-8(4-15)20-11/h1-3,6,8H,4-5H2,(H2,16,19). The van der Waals surface area contributed by atoms with Crippen LogP contribution in [0.4, 0.5) is 4.39 Å². The summed E-state index contributed by atoms with van der Waals surface area (Å²) < 4.78 is 21.2. The van der Waals surface area contributed by atoms with E-state index in [0.717, 1.165) is 4.47 Å². The minimum absolute atomic E-state index is 0.158. The maximum atomic E-state index is 13.0. The van der Waals surface area contributed by atoms with E-state index < -0.39 is 18.7 Å². The molecule has 0 aliphatic carbocycles. The minimum atomic E-state index is -0.626. The first kappa shape index (κ1) is 13.1. The second-order valence-corrected chi connectivity index (χ2v) is 5.42. The van der Waals surface area contributed by atoms with E-state index >= 15 is 0 Å². The third kappa shape index (κ3) is 2.18. The van der Waals surface area contributed by atoms with Gasteiger partial charge < -0.3 is 15.0 Å². The van der Waals surface area contributed by atoms with Crippen LogP contribution in [-0.4, -0.2) is 28.2 Å². The molecule has 1 atom stereocenters. The van der Waals surface area contributed by atoms with Gasteiger partial charge in [0, 0.05) is 10.7 Å². The van der Waals surface area contributed by atoms with Crippen LogP contribution in [0.15, 0.2) is 28.9 Å². The predicted octanol–water partition coefficient (Wildman–Crippen LogP) is 2.14. The van der Waals surface area contributed by atoms with Crippen molar-refractivity contribution >= 4 is 21.8 Å². The number of imidazole rings is 1. The van der Waals surface area contributed by atoms with Crippen molar-refractivity contribution in [2.24, 2.45) is 5.73 Å². The van der Waals surface area contributed by atoms with Gasteiger partial charge in [0.25, 0.3) is 5.91 Å². The Kier molecular flexibility index (Phi) is 3.21. The number of carbonyl (C=O) groups excluding carboxylic acids is 1. The van der Waals surface area contributed by atoms with Crippen LogP contribution in [0.25, 0.3) is 11.4 Å². The molecule has 0 saturated carbocycles. The van der Waals surface area contributed by atoms with Gasteiger partial charge in [-0.3, -0.25) is 4.79 Å². The van der Waals surface area contributed by atoms with Crippen LogP contribution in [0.5, 0.6) is 5.75 Å². The van der Waals surface area contributed by atoms with Crippen LogP contribution in [0, 0.1) is 0 Å². The van der Waals surface area contributed by atoms with Crippen molar-refractivity contribution < 1.29 is 13.9 Å². The number of amides is 1. The Balaban J connectivity index is 2.21. The lowest BCUT2D eigenvalue weighted by Crippen LogP contribution is -2.23. The van der Waals surface area contributed by atoms with Crippen LogP contribution >= 0.6 is 15.9 Å². The molecule has 5 nitrogen and oxygen atoms in total. The first-order valence-electron chi connectivity index (χ1n) is 5.98. The number of nitrogens with zero attached hydrogens (tertiary/aromatic N) is 2. The van der Waals surface area contributed by atoms with E-state index in [1.54, 1.807) is 10.6 Å². The molecule has 2 heterocycles. The molecule has 1 aromatic carbocycles. The number of benzene rings is 1. The summed E-state index contributed by atoms with van der Waals surface area (Å²) in [4.78, 5) is 15.5. The topological polar surface area (TPSA) is 70.1 Å². The van der Waals surface area contributed by atoms with Gasteiger partial charge in [-0.1, -0.05) is 15.9 Å². The van der Waals surface area contributed by atoms with Crippen LogP contribution in [-0.2, 0) is 6.54 Å². The van der Waals surface area contributed by atoms with Crippen LogP contribution in [0.1, 0.15) is 10.5 Å². The molecule has 2 N–H and O–H groups in total. The van der Waals surface area contributed by atoms with Crippen molar-refractivity contribution in [1.29, 1.82) is 0 Å². The second-order valence-electron chi connectivity index (χ2n) is 4.50. The molecule has 1 aliphatic rings. The Hall–Kier alpha value is -1.89. The normalized spacial score (nSPS) is 16.8. The number of ether oxygens (including phenoxy) is 1. The molecule has 2 aromatic rings. The van der Waals surface area contributed by atoms with Gasteiger partial charge in [-0.05, 0) is 18.2 Å². The first-order chi connectivity index (χ1) is 9.58. The van der Waals surface area contributed by atoms with Gasteiger partial charge in [0.2, 0.25) is 0 Å². The van der Waals surface area contributed by atoms with E-state index in [-0.39, 0.29) is 12.2 Å². The number of nitrogens with two attached hydrogens (primary N) is 1. The third-order valence-electron chi connectivity index (χ3n) is 3.08.